The second-order valence-corrected chi connectivity index (χ2v) is 6.48. The number of hydrogen-bond acceptors (Lipinski definition) is 2. The summed E-state index contributed by atoms with van der Waals surface area (Å²) in [5.41, 5.74) is 0.503. The van der Waals surface area contributed by atoms with Gasteiger partial charge in [-0.25, -0.2) is 4.21 Å². The largest absolute Gasteiger partial charge is 0.324 e. The summed E-state index contributed by atoms with van der Waals surface area (Å²) in [6.45, 7) is 0. The number of rotatable bonds is 4. The molecule has 0 bridgehead atoms. The SMILES string of the molecule is O=C(Nc1cccc(S(=O)c2ccccc2)c1)C(Cl)Cl. The van der Waals surface area contributed by atoms with Gasteiger partial charge in [-0.3, -0.25) is 4.79 Å². The van der Waals surface area contributed by atoms with E-state index < -0.39 is 21.5 Å². The third kappa shape index (κ3) is 3.82. The molecular formula is C14H11Cl2NO2S. The first-order chi connectivity index (χ1) is 9.58. The first kappa shape index (κ1) is 15.0. The summed E-state index contributed by atoms with van der Waals surface area (Å²) in [7, 11) is -1.30. The van der Waals surface area contributed by atoms with Gasteiger partial charge in [0, 0.05) is 15.5 Å². The molecule has 104 valence electrons. The molecule has 1 N–H and O–H groups in total. The Bertz CT molecular complexity index is 632. The van der Waals surface area contributed by atoms with Gasteiger partial charge in [-0.1, -0.05) is 47.5 Å². The average Bonchev–Trinajstić information content (AvgIpc) is 2.47. The number of anilines is 1. The molecule has 0 radical (unpaired) electrons. The topological polar surface area (TPSA) is 46.2 Å². The predicted octanol–water partition coefficient (Wildman–Crippen LogP) is 3.60. The van der Waals surface area contributed by atoms with Crippen LogP contribution >= 0.6 is 23.2 Å². The Morgan fingerprint density at radius 1 is 1.00 bits per heavy atom. The molecule has 3 nitrogen and oxygen atoms in total. The van der Waals surface area contributed by atoms with E-state index in [2.05, 4.69) is 5.32 Å². The van der Waals surface area contributed by atoms with Crippen LogP contribution in [0, 0.1) is 0 Å². The highest BCUT2D eigenvalue weighted by Crippen LogP contribution is 2.20. The van der Waals surface area contributed by atoms with Crippen LogP contribution in [-0.2, 0) is 15.6 Å². The van der Waals surface area contributed by atoms with Gasteiger partial charge < -0.3 is 5.32 Å². The Morgan fingerprint density at radius 2 is 1.65 bits per heavy atom. The van der Waals surface area contributed by atoms with Crippen molar-refractivity contribution in [2.75, 3.05) is 5.32 Å². The molecule has 20 heavy (non-hydrogen) atoms. The van der Waals surface area contributed by atoms with Crippen LogP contribution in [0.1, 0.15) is 0 Å². The Morgan fingerprint density at radius 3 is 2.30 bits per heavy atom. The third-order valence-corrected chi connectivity index (χ3v) is 4.25. The summed E-state index contributed by atoms with van der Waals surface area (Å²) < 4.78 is 12.4. The molecule has 1 amide bonds. The van der Waals surface area contributed by atoms with Crippen LogP contribution in [0.4, 0.5) is 5.69 Å². The summed E-state index contributed by atoms with van der Waals surface area (Å²) in [5.74, 6) is -0.518. The molecule has 0 saturated heterocycles. The maximum atomic E-state index is 12.4. The zero-order valence-electron chi connectivity index (χ0n) is 10.3. The van der Waals surface area contributed by atoms with Crippen molar-refractivity contribution in [2.45, 2.75) is 14.6 Å². The van der Waals surface area contributed by atoms with Crippen molar-refractivity contribution in [1.29, 1.82) is 0 Å². The van der Waals surface area contributed by atoms with E-state index in [1.54, 1.807) is 36.4 Å². The fraction of sp³-hybridized carbons (Fsp3) is 0.0714. The molecule has 1 atom stereocenters. The fourth-order valence-electron chi connectivity index (χ4n) is 1.57. The molecule has 0 aliphatic heterocycles. The lowest BCUT2D eigenvalue weighted by Gasteiger charge is -2.08. The first-order valence-electron chi connectivity index (χ1n) is 5.74. The number of nitrogens with one attached hydrogen (secondary N) is 1. The van der Waals surface area contributed by atoms with Crippen molar-refractivity contribution in [3.63, 3.8) is 0 Å². The van der Waals surface area contributed by atoms with Gasteiger partial charge >= 0.3 is 0 Å². The maximum absolute atomic E-state index is 12.4. The number of hydrogen-bond donors (Lipinski definition) is 1. The molecule has 0 fully saturated rings. The number of alkyl halides is 2. The van der Waals surface area contributed by atoms with Crippen molar-refractivity contribution in [2.24, 2.45) is 0 Å². The third-order valence-electron chi connectivity index (χ3n) is 2.47. The zero-order valence-corrected chi connectivity index (χ0v) is 12.6. The van der Waals surface area contributed by atoms with E-state index in [1.165, 1.54) is 0 Å². The van der Waals surface area contributed by atoms with Crippen LogP contribution in [0.15, 0.2) is 64.4 Å². The molecule has 2 rings (SSSR count). The lowest BCUT2D eigenvalue weighted by molar-refractivity contribution is -0.114. The molecule has 2 aromatic carbocycles. The van der Waals surface area contributed by atoms with Crippen LogP contribution in [0.3, 0.4) is 0 Å². The van der Waals surface area contributed by atoms with Gasteiger partial charge in [0.15, 0.2) is 4.84 Å². The van der Waals surface area contributed by atoms with Gasteiger partial charge in [0.1, 0.15) is 0 Å². The molecule has 2 aromatic rings. The van der Waals surface area contributed by atoms with E-state index in [0.29, 0.717) is 15.5 Å². The average molecular weight is 328 g/mol. The summed E-state index contributed by atoms with van der Waals surface area (Å²) in [5, 5.41) is 2.55. The van der Waals surface area contributed by atoms with Gasteiger partial charge in [-0.05, 0) is 30.3 Å². The number of amides is 1. The van der Waals surface area contributed by atoms with Crippen molar-refractivity contribution >= 4 is 45.6 Å². The molecule has 0 spiro atoms. The number of benzene rings is 2. The van der Waals surface area contributed by atoms with E-state index in [1.807, 2.05) is 18.2 Å². The van der Waals surface area contributed by atoms with Crippen molar-refractivity contribution in [3.05, 3.63) is 54.6 Å². The lowest BCUT2D eigenvalue weighted by atomic mass is 10.3. The van der Waals surface area contributed by atoms with Crippen LogP contribution < -0.4 is 5.32 Å². The standard InChI is InChI=1S/C14H11Cl2NO2S/c15-13(16)14(18)17-10-5-4-8-12(9-10)20(19)11-6-2-1-3-7-11/h1-9,13H,(H,17,18). The molecule has 0 aliphatic rings. The van der Waals surface area contributed by atoms with E-state index in [0.717, 1.165) is 0 Å². The highest BCUT2D eigenvalue weighted by molar-refractivity contribution is 7.85. The molecule has 0 heterocycles. The molecular weight excluding hydrogens is 317 g/mol. The summed E-state index contributed by atoms with van der Waals surface area (Å²) in [6, 6.07) is 15.8. The predicted molar refractivity (Wildman–Crippen MR) is 81.7 cm³/mol. The van der Waals surface area contributed by atoms with Gasteiger partial charge in [-0.15, -0.1) is 0 Å². The summed E-state index contributed by atoms with van der Waals surface area (Å²) >= 11 is 10.9. The van der Waals surface area contributed by atoms with E-state index in [9.17, 15) is 9.00 Å². The van der Waals surface area contributed by atoms with Crippen LogP contribution in [0.2, 0.25) is 0 Å². The van der Waals surface area contributed by atoms with Gasteiger partial charge in [-0.2, -0.15) is 0 Å². The zero-order chi connectivity index (χ0) is 14.5. The molecule has 0 aliphatic carbocycles. The second kappa shape index (κ2) is 6.88. The minimum absolute atomic E-state index is 0.503. The maximum Gasteiger partial charge on any atom is 0.257 e. The minimum atomic E-state index is -1.30. The van der Waals surface area contributed by atoms with Gasteiger partial charge in [0.2, 0.25) is 0 Å². The second-order valence-electron chi connectivity index (χ2n) is 3.90. The van der Waals surface area contributed by atoms with E-state index >= 15 is 0 Å². The summed E-state index contributed by atoms with van der Waals surface area (Å²) in [4.78, 5) is 11.6. The molecule has 6 heteroatoms. The first-order valence-corrected chi connectivity index (χ1v) is 7.76. The van der Waals surface area contributed by atoms with Crippen LogP contribution in [-0.4, -0.2) is 15.0 Å². The highest BCUT2D eigenvalue weighted by atomic mass is 35.5. The Balaban J connectivity index is 2.22. The minimum Gasteiger partial charge on any atom is -0.324 e. The number of carbonyl (C=O) groups is 1. The Hall–Kier alpha value is -1.36. The quantitative estimate of drug-likeness (QED) is 0.872. The fourth-order valence-corrected chi connectivity index (χ4v) is 2.79. The van der Waals surface area contributed by atoms with E-state index in [4.69, 9.17) is 23.2 Å². The van der Waals surface area contributed by atoms with Crippen molar-refractivity contribution in [1.82, 2.24) is 0 Å². The number of carbonyl (C=O) groups excluding carboxylic acids is 1. The molecule has 0 saturated carbocycles. The van der Waals surface area contributed by atoms with Crippen molar-refractivity contribution in [3.8, 4) is 0 Å². The van der Waals surface area contributed by atoms with Crippen molar-refractivity contribution < 1.29 is 9.00 Å². The number of halogens is 2. The van der Waals surface area contributed by atoms with Crippen LogP contribution in [0.25, 0.3) is 0 Å². The highest BCUT2D eigenvalue weighted by Gasteiger charge is 2.12. The normalized spacial score (nSPS) is 12.2. The smallest absolute Gasteiger partial charge is 0.257 e. The lowest BCUT2D eigenvalue weighted by Crippen LogP contribution is -2.18. The van der Waals surface area contributed by atoms with Crippen LogP contribution in [0.5, 0.6) is 0 Å². The Labute approximate surface area is 129 Å². The molecule has 1 unspecified atom stereocenters. The van der Waals surface area contributed by atoms with Gasteiger partial charge in [0.05, 0.1) is 10.8 Å². The Kier molecular flexibility index (Phi) is 5.17. The van der Waals surface area contributed by atoms with E-state index in [-0.39, 0.29) is 0 Å². The monoisotopic (exact) mass is 327 g/mol. The van der Waals surface area contributed by atoms with Gasteiger partial charge in [0.25, 0.3) is 5.91 Å². The molecule has 0 aromatic heterocycles. The summed E-state index contributed by atoms with van der Waals surface area (Å²) in [6.07, 6.45) is 0.